The van der Waals surface area contributed by atoms with Crippen LogP contribution in [0.4, 0.5) is 5.82 Å². The Bertz CT molecular complexity index is 333. The number of amidine groups is 1. The molecule has 0 fully saturated rings. The third kappa shape index (κ3) is 3.24. The van der Waals surface area contributed by atoms with E-state index in [1.54, 1.807) is 6.20 Å². The van der Waals surface area contributed by atoms with Gasteiger partial charge < -0.3 is 11.1 Å². The van der Waals surface area contributed by atoms with E-state index in [1.807, 2.05) is 0 Å². The van der Waals surface area contributed by atoms with Crippen LogP contribution in [0, 0.1) is 5.41 Å². The van der Waals surface area contributed by atoms with Gasteiger partial charge in [-0.25, -0.2) is 9.98 Å². The van der Waals surface area contributed by atoms with E-state index in [9.17, 15) is 0 Å². The van der Waals surface area contributed by atoms with Crippen LogP contribution >= 0.6 is 0 Å². The molecule has 0 bridgehead atoms. The summed E-state index contributed by atoms with van der Waals surface area (Å²) in [5.74, 6) is 0.749. The highest BCUT2D eigenvalue weighted by atomic mass is 15.0. The third-order valence-electron chi connectivity index (χ3n) is 1.16. The van der Waals surface area contributed by atoms with Gasteiger partial charge in [0.05, 0.1) is 6.20 Å². The Morgan fingerprint density at radius 1 is 1.62 bits per heavy atom. The largest absolute Gasteiger partial charge is 0.384 e. The first-order valence-corrected chi connectivity index (χ1v) is 3.60. The normalized spacial score (nSPS) is 11.8. The molecule has 13 heavy (non-hydrogen) atoms. The van der Waals surface area contributed by atoms with E-state index in [0.717, 1.165) is 6.21 Å². The first-order chi connectivity index (χ1) is 6.33. The molecule has 0 radical (unpaired) electrons. The monoisotopic (exact) mass is 177 g/mol. The highest BCUT2D eigenvalue weighted by Crippen LogP contribution is 2.01. The number of aromatic nitrogens is 2. The number of rotatable bonds is 3. The van der Waals surface area contributed by atoms with Crippen LogP contribution in [-0.2, 0) is 0 Å². The highest BCUT2D eigenvalue weighted by molar-refractivity contribution is 5.95. The summed E-state index contributed by atoms with van der Waals surface area (Å²) in [7, 11) is 0. The predicted molar refractivity (Wildman–Crippen MR) is 53.4 cm³/mol. The van der Waals surface area contributed by atoms with E-state index in [2.05, 4.69) is 15.0 Å². The van der Waals surface area contributed by atoms with Gasteiger partial charge in [0.25, 0.3) is 0 Å². The lowest BCUT2D eigenvalue weighted by atomic mass is 10.5. The second-order valence-corrected chi connectivity index (χ2v) is 2.13. The molecule has 5 heteroatoms. The van der Waals surface area contributed by atoms with Crippen molar-refractivity contribution in [3.63, 3.8) is 0 Å². The summed E-state index contributed by atoms with van der Waals surface area (Å²) < 4.78 is 0. The van der Waals surface area contributed by atoms with E-state index in [0.29, 0.717) is 11.7 Å². The van der Waals surface area contributed by atoms with Crippen LogP contribution < -0.4 is 5.73 Å². The van der Waals surface area contributed by atoms with Gasteiger partial charge in [-0.05, 0) is 12.2 Å². The molecule has 0 spiro atoms. The maximum atomic E-state index is 6.73. The maximum Gasteiger partial charge on any atom is 0.172 e. The lowest BCUT2D eigenvalue weighted by Crippen LogP contribution is -2.06. The summed E-state index contributed by atoms with van der Waals surface area (Å²) in [6.45, 7) is 0. The molecule has 0 saturated carbocycles. The van der Waals surface area contributed by atoms with Crippen LogP contribution in [0.15, 0.2) is 35.7 Å². The quantitative estimate of drug-likeness (QED) is 0.531. The fourth-order valence-electron chi connectivity index (χ4n) is 0.665. The van der Waals surface area contributed by atoms with Gasteiger partial charge >= 0.3 is 0 Å². The molecule has 1 aromatic rings. The number of hydrogen-bond acceptors (Lipinski definition) is 4. The Labute approximate surface area is 77.0 Å². The van der Waals surface area contributed by atoms with Crippen LogP contribution in [0.2, 0.25) is 0 Å². The molecular formula is C8H11N5. The van der Waals surface area contributed by atoms with Crippen LogP contribution in [0.1, 0.15) is 1.43 Å². The lowest BCUT2D eigenvalue weighted by molar-refractivity contribution is 1.17. The molecule has 0 atom stereocenters. The average molecular weight is 177 g/mol. The van der Waals surface area contributed by atoms with Crippen LogP contribution in [-0.4, -0.2) is 22.0 Å². The van der Waals surface area contributed by atoms with Crippen molar-refractivity contribution in [1.82, 2.24) is 9.97 Å². The van der Waals surface area contributed by atoms with Crippen molar-refractivity contribution in [3.05, 3.63) is 30.7 Å². The van der Waals surface area contributed by atoms with Gasteiger partial charge in [0.15, 0.2) is 5.82 Å². The second-order valence-electron chi connectivity index (χ2n) is 2.13. The van der Waals surface area contributed by atoms with Gasteiger partial charge in [-0.2, -0.15) is 0 Å². The van der Waals surface area contributed by atoms with Gasteiger partial charge in [0, 0.05) is 20.0 Å². The topological polar surface area (TPSA) is 88.0 Å². The molecule has 0 aliphatic rings. The molecule has 1 heterocycles. The van der Waals surface area contributed by atoms with E-state index >= 15 is 0 Å². The second kappa shape index (κ2) is 4.76. The molecule has 0 aliphatic carbocycles. The van der Waals surface area contributed by atoms with Crippen molar-refractivity contribution in [2.45, 2.75) is 0 Å². The van der Waals surface area contributed by atoms with Crippen molar-refractivity contribution < 1.29 is 1.43 Å². The third-order valence-corrected chi connectivity index (χ3v) is 1.16. The molecule has 0 amide bonds. The first kappa shape index (κ1) is 9.05. The van der Waals surface area contributed by atoms with E-state index < -0.39 is 0 Å². The van der Waals surface area contributed by atoms with Crippen molar-refractivity contribution in [1.29, 1.82) is 5.41 Å². The molecule has 3 N–H and O–H groups in total. The summed E-state index contributed by atoms with van der Waals surface area (Å²) in [4.78, 5) is 11.7. The molecule has 0 unspecified atom stereocenters. The zero-order chi connectivity index (χ0) is 9.52. The standard InChI is InChI=1S/C8H9N5.H2/c9-3-1-2-7(10)13-8-6-11-4-5-12-8;/h1-6,9H,(H2,10,12,13);1H/b2-1-,9-3?;. The number of nitrogens with zero attached hydrogens (tertiary/aromatic N) is 3. The SMILES string of the molecule is N=C/C=C\C(N)=Nc1cnccn1.[HH]. The van der Waals surface area contributed by atoms with E-state index in [-0.39, 0.29) is 1.43 Å². The summed E-state index contributed by atoms with van der Waals surface area (Å²) in [5, 5.41) is 6.73. The van der Waals surface area contributed by atoms with Gasteiger partial charge in [-0.15, -0.1) is 0 Å². The molecule has 0 saturated heterocycles. The highest BCUT2D eigenvalue weighted by Gasteiger charge is 1.88. The van der Waals surface area contributed by atoms with Gasteiger partial charge in [-0.3, -0.25) is 4.98 Å². The number of nitrogens with one attached hydrogen (secondary N) is 1. The smallest absolute Gasteiger partial charge is 0.172 e. The molecular weight excluding hydrogens is 166 g/mol. The van der Waals surface area contributed by atoms with Crippen LogP contribution in [0.25, 0.3) is 0 Å². The Kier molecular flexibility index (Phi) is 3.31. The molecule has 5 nitrogen and oxygen atoms in total. The Balaban J connectivity index is 0.00000169. The molecule has 68 valence electrons. The minimum absolute atomic E-state index is 0. The first-order valence-electron chi connectivity index (χ1n) is 3.60. The predicted octanol–water partition coefficient (Wildman–Crippen LogP) is 0.917. The summed E-state index contributed by atoms with van der Waals surface area (Å²) in [5.41, 5.74) is 5.48. The number of hydrogen-bond donors (Lipinski definition) is 2. The molecule has 0 aliphatic heterocycles. The molecule has 1 rings (SSSR count). The van der Waals surface area contributed by atoms with Crippen molar-refractivity contribution >= 4 is 17.9 Å². The van der Waals surface area contributed by atoms with E-state index in [1.165, 1.54) is 24.5 Å². The fourth-order valence-corrected chi connectivity index (χ4v) is 0.665. The average Bonchev–Trinajstić information content (AvgIpc) is 2.16. The Morgan fingerprint density at radius 3 is 3.08 bits per heavy atom. The van der Waals surface area contributed by atoms with Gasteiger partial charge in [0.2, 0.25) is 0 Å². The zero-order valence-corrected chi connectivity index (χ0v) is 6.88. The number of aliphatic imine (C=N–C) groups is 1. The zero-order valence-electron chi connectivity index (χ0n) is 6.88. The Morgan fingerprint density at radius 2 is 2.46 bits per heavy atom. The van der Waals surface area contributed by atoms with Crippen molar-refractivity contribution in [2.75, 3.05) is 0 Å². The minimum atomic E-state index is 0. The Hall–Kier alpha value is -2.04. The lowest BCUT2D eigenvalue weighted by Gasteiger charge is -1.91. The van der Waals surface area contributed by atoms with Gasteiger partial charge in [-0.1, -0.05) is 0 Å². The van der Waals surface area contributed by atoms with Crippen molar-refractivity contribution in [3.8, 4) is 0 Å². The molecule has 1 aromatic heterocycles. The van der Waals surface area contributed by atoms with E-state index in [4.69, 9.17) is 11.1 Å². The van der Waals surface area contributed by atoms with Gasteiger partial charge in [0.1, 0.15) is 5.84 Å². The van der Waals surface area contributed by atoms with Crippen LogP contribution in [0.5, 0.6) is 0 Å². The summed E-state index contributed by atoms with van der Waals surface area (Å²) in [6.07, 6.45) is 8.72. The van der Waals surface area contributed by atoms with Crippen LogP contribution in [0.3, 0.4) is 0 Å². The minimum Gasteiger partial charge on any atom is -0.384 e. The number of nitrogens with two attached hydrogens (primary N) is 1. The summed E-state index contributed by atoms with van der Waals surface area (Å²) in [6, 6.07) is 0. The molecule has 0 aromatic carbocycles. The fraction of sp³-hybridized carbons (Fsp3) is 0. The van der Waals surface area contributed by atoms with Crippen molar-refractivity contribution in [2.24, 2.45) is 10.7 Å². The summed E-state index contributed by atoms with van der Waals surface area (Å²) >= 11 is 0. The number of allylic oxidation sites excluding steroid dienone is 1. The maximum absolute atomic E-state index is 6.73.